The molecule has 3 aromatic rings. The van der Waals surface area contributed by atoms with E-state index in [1.807, 2.05) is 0 Å². The van der Waals surface area contributed by atoms with Gasteiger partial charge in [0.1, 0.15) is 0 Å². The molecule has 0 saturated heterocycles. The Morgan fingerprint density at radius 3 is 2.57 bits per heavy atom. The van der Waals surface area contributed by atoms with Crippen molar-refractivity contribution in [2.45, 2.75) is 5.51 Å². The zero-order valence-corrected chi connectivity index (χ0v) is 13.0. The molecule has 0 radical (unpaired) electrons. The van der Waals surface area contributed by atoms with Crippen LogP contribution in [0.3, 0.4) is 0 Å². The maximum absolute atomic E-state index is 12.5. The lowest BCUT2D eigenvalue weighted by molar-refractivity contribution is -0.0500. The predicted octanol–water partition coefficient (Wildman–Crippen LogP) is 3.42. The molecule has 6 nitrogen and oxygen atoms in total. The van der Waals surface area contributed by atoms with Crippen molar-refractivity contribution < 1.29 is 25.8 Å². The molecule has 0 aliphatic rings. The van der Waals surface area contributed by atoms with Crippen LogP contribution in [0, 0.1) is 0 Å². The molecule has 0 saturated carbocycles. The molecular weight excluding hydrogens is 382 g/mol. The minimum absolute atomic E-state index is 0.0808. The summed E-state index contributed by atoms with van der Waals surface area (Å²) in [6.07, 6.45) is 2.58. The van der Waals surface area contributed by atoms with Crippen LogP contribution in [-0.2, 0) is 10.1 Å². The molecule has 0 unspecified atom stereocenters. The summed E-state index contributed by atoms with van der Waals surface area (Å²) in [5.41, 5.74) is -5.51. The number of nitrogens with zero attached hydrogens (tertiary/aromatic N) is 3. The molecule has 122 valence electrons. The van der Waals surface area contributed by atoms with Crippen molar-refractivity contribution >= 4 is 50.0 Å². The van der Waals surface area contributed by atoms with Crippen LogP contribution in [0.4, 0.5) is 13.2 Å². The topological polar surface area (TPSA) is 73.6 Å². The molecule has 0 amide bonds. The second kappa shape index (κ2) is 5.11. The molecule has 0 bridgehead atoms. The Hall–Kier alpha value is -1.78. The average molecular weight is 386 g/mol. The first kappa shape index (κ1) is 16.1. The number of halogens is 5. The Labute approximate surface area is 136 Å². The van der Waals surface area contributed by atoms with E-state index in [1.54, 1.807) is 0 Å². The minimum atomic E-state index is -5.88. The number of benzene rings is 1. The van der Waals surface area contributed by atoms with E-state index < -0.39 is 21.5 Å². The van der Waals surface area contributed by atoms with Crippen LogP contribution in [-0.4, -0.2) is 28.3 Å². The predicted molar refractivity (Wildman–Crippen MR) is 76.1 cm³/mol. The van der Waals surface area contributed by atoms with Gasteiger partial charge in [-0.15, -0.1) is 0 Å². The second-order valence-corrected chi connectivity index (χ2v) is 6.57. The highest BCUT2D eigenvalue weighted by molar-refractivity contribution is 7.88. The van der Waals surface area contributed by atoms with Crippen LogP contribution < -0.4 is 4.18 Å². The Morgan fingerprint density at radius 2 is 1.91 bits per heavy atom. The number of fused-ring (bicyclic) bond motifs is 3. The number of hydrogen-bond donors (Lipinski definition) is 0. The van der Waals surface area contributed by atoms with Gasteiger partial charge in [-0.05, 0) is 12.1 Å². The highest BCUT2D eigenvalue weighted by atomic mass is 35.5. The molecule has 0 N–H and O–H groups in total. The summed E-state index contributed by atoms with van der Waals surface area (Å²) < 4.78 is 65.1. The monoisotopic (exact) mass is 385 g/mol. The standard InChI is InChI=1S/C11H4Cl2F3N3O3S/c12-5-1-2-6-8(7(5)13)19-4-3-17-9(19)10(18-6)22-23(20,21)11(14,15)16/h1-4H. The fourth-order valence-corrected chi connectivity index (χ4v) is 2.68. The van der Waals surface area contributed by atoms with E-state index in [1.165, 1.54) is 28.9 Å². The van der Waals surface area contributed by atoms with Gasteiger partial charge in [-0.3, -0.25) is 4.40 Å². The molecule has 2 aromatic heterocycles. The lowest BCUT2D eigenvalue weighted by Gasteiger charge is -2.11. The van der Waals surface area contributed by atoms with Crippen molar-refractivity contribution in [1.82, 2.24) is 14.4 Å². The number of aromatic nitrogens is 3. The summed E-state index contributed by atoms with van der Waals surface area (Å²) in [4.78, 5) is 7.50. The van der Waals surface area contributed by atoms with Gasteiger partial charge in [0.25, 0.3) is 5.88 Å². The SMILES string of the molecule is O=S(=O)(Oc1nc2ccc(Cl)c(Cl)c2n2ccnc12)C(F)(F)F. The molecule has 1 aromatic carbocycles. The maximum Gasteiger partial charge on any atom is 0.534 e. The first-order valence-electron chi connectivity index (χ1n) is 5.73. The highest BCUT2D eigenvalue weighted by Crippen LogP contribution is 2.34. The lowest BCUT2D eigenvalue weighted by Crippen LogP contribution is -2.28. The molecule has 3 rings (SSSR count). The van der Waals surface area contributed by atoms with Crippen LogP contribution in [0.5, 0.6) is 5.88 Å². The van der Waals surface area contributed by atoms with E-state index in [0.717, 1.165) is 0 Å². The van der Waals surface area contributed by atoms with Gasteiger partial charge in [0, 0.05) is 12.4 Å². The van der Waals surface area contributed by atoms with E-state index in [9.17, 15) is 21.6 Å². The van der Waals surface area contributed by atoms with Gasteiger partial charge in [-0.1, -0.05) is 23.2 Å². The van der Waals surface area contributed by atoms with Crippen molar-refractivity contribution in [3.63, 3.8) is 0 Å². The normalized spacial score (nSPS) is 12.9. The van der Waals surface area contributed by atoms with Gasteiger partial charge in [-0.2, -0.15) is 21.6 Å². The van der Waals surface area contributed by atoms with Crippen LogP contribution in [0.15, 0.2) is 24.5 Å². The molecule has 0 aliphatic carbocycles. The third-order valence-corrected chi connectivity index (χ3v) is 4.55. The van der Waals surface area contributed by atoms with Gasteiger partial charge in [0.2, 0.25) is 5.65 Å². The number of imidazole rings is 1. The van der Waals surface area contributed by atoms with Crippen molar-refractivity contribution in [3.8, 4) is 5.88 Å². The van der Waals surface area contributed by atoms with Gasteiger partial charge in [0.05, 0.1) is 21.1 Å². The van der Waals surface area contributed by atoms with Crippen molar-refractivity contribution in [1.29, 1.82) is 0 Å². The van der Waals surface area contributed by atoms with Crippen LogP contribution in [0.25, 0.3) is 16.7 Å². The highest BCUT2D eigenvalue weighted by Gasteiger charge is 2.49. The molecule has 0 spiro atoms. The lowest BCUT2D eigenvalue weighted by atomic mass is 10.3. The first-order chi connectivity index (χ1) is 10.6. The minimum Gasteiger partial charge on any atom is -0.351 e. The fraction of sp³-hybridized carbons (Fsp3) is 0.0909. The van der Waals surface area contributed by atoms with Crippen molar-refractivity contribution in [2.24, 2.45) is 0 Å². The number of alkyl halides is 3. The van der Waals surface area contributed by atoms with Gasteiger partial charge >= 0.3 is 15.6 Å². The summed E-state index contributed by atoms with van der Waals surface area (Å²) in [6.45, 7) is 0. The Morgan fingerprint density at radius 1 is 1.22 bits per heavy atom. The molecule has 0 aliphatic heterocycles. The van der Waals surface area contributed by atoms with Gasteiger partial charge in [0.15, 0.2) is 0 Å². The summed E-state index contributed by atoms with van der Waals surface area (Å²) in [5, 5.41) is 0.275. The van der Waals surface area contributed by atoms with Crippen molar-refractivity contribution in [2.75, 3.05) is 0 Å². The zero-order chi connectivity index (χ0) is 17.0. The third-order valence-electron chi connectivity index (χ3n) is 2.81. The quantitative estimate of drug-likeness (QED) is 0.499. The molecule has 23 heavy (non-hydrogen) atoms. The number of hydrogen-bond acceptors (Lipinski definition) is 5. The number of rotatable bonds is 2. The summed E-state index contributed by atoms with van der Waals surface area (Å²) in [7, 11) is -5.88. The van der Waals surface area contributed by atoms with E-state index in [2.05, 4.69) is 14.2 Å². The summed E-state index contributed by atoms with van der Waals surface area (Å²) in [5.74, 6) is -0.821. The fourth-order valence-electron chi connectivity index (χ4n) is 1.86. The summed E-state index contributed by atoms with van der Waals surface area (Å²) in [6, 6.07) is 2.72. The zero-order valence-electron chi connectivity index (χ0n) is 10.7. The first-order valence-corrected chi connectivity index (χ1v) is 7.90. The molecule has 2 heterocycles. The largest absolute Gasteiger partial charge is 0.534 e. The van der Waals surface area contributed by atoms with E-state index in [-0.39, 0.29) is 26.7 Å². The van der Waals surface area contributed by atoms with Crippen LogP contribution in [0.1, 0.15) is 0 Å². The van der Waals surface area contributed by atoms with Gasteiger partial charge in [-0.25, -0.2) is 9.97 Å². The maximum atomic E-state index is 12.5. The van der Waals surface area contributed by atoms with E-state index >= 15 is 0 Å². The average Bonchev–Trinajstić information content (AvgIpc) is 2.91. The molecule has 0 atom stereocenters. The second-order valence-electron chi connectivity index (χ2n) is 4.25. The van der Waals surface area contributed by atoms with E-state index in [4.69, 9.17) is 23.2 Å². The van der Waals surface area contributed by atoms with Gasteiger partial charge < -0.3 is 4.18 Å². The smallest absolute Gasteiger partial charge is 0.351 e. The Bertz CT molecular complexity index is 1030. The van der Waals surface area contributed by atoms with Crippen LogP contribution in [0.2, 0.25) is 10.0 Å². The Balaban J connectivity index is 2.31. The molecular formula is C11H4Cl2F3N3O3S. The third kappa shape index (κ3) is 2.56. The molecule has 0 fully saturated rings. The Kier molecular flexibility index (Phi) is 3.58. The summed E-state index contributed by atoms with van der Waals surface area (Å²) >= 11 is 12.0. The van der Waals surface area contributed by atoms with E-state index in [0.29, 0.717) is 0 Å². The molecule has 12 heteroatoms. The van der Waals surface area contributed by atoms with Crippen molar-refractivity contribution in [3.05, 3.63) is 34.6 Å². The van der Waals surface area contributed by atoms with Crippen LogP contribution >= 0.6 is 23.2 Å².